The molecule has 0 radical (unpaired) electrons. The molecule has 0 spiro atoms. The summed E-state index contributed by atoms with van der Waals surface area (Å²) in [4.78, 5) is 2.76. The lowest BCUT2D eigenvalue weighted by Gasteiger charge is -2.33. The van der Waals surface area contributed by atoms with Crippen LogP contribution in [0.25, 0.3) is 0 Å². The molecule has 0 heterocycles. The lowest BCUT2D eigenvalue weighted by atomic mass is 10.0. The molecule has 0 aliphatic heterocycles. The molecule has 1 fully saturated rings. The summed E-state index contributed by atoms with van der Waals surface area (Å²) < 4.78 is 0. The van der Waals surface area contributed by atoms with Crippen LogP contribution in [0, 0.1) is 5.92 Å². The van der Waals surface area contributed by atoms with Crippen molar-refractivity contribution in [3.05, 3.63) is 0 Å². The third-order valence-electron chi connectivity index (χ3n) is 3.85. The van der Waals surface area contributed by atoms with Gasteiger partial charge in [0, 0.05) is 12.1 Å². The zero-order valence-corrected chi connectivity index (χ0v) is 11.6. The SMILES string of the molecule is CCCCN(C1CC1)C(C)C(C)CNCC. The van der Waals surface area contributed by atoms with Gasteiger partial charge in [0.25, 0.3) is 0 Å². The molecule has 0 bridgehead atoms. The van der Waals surface area contributed by atoms with Crippen LogP contribution >= 0.6 is 0 Å². The molecule has 0 aromatic heterocycles. The van der Waals surface area contributed by atoms with Gasteiger partial charge in [-0.05, 0) is 51.7 Å². The number of nitrogens with zero attached hydrogens (tertiary/aromatic N) is 1. The van der Waals surface area contributed by atoms with Crippen LogP contribution in [0.15, 0.2) is 0 Å². The Labute approximate surface area is 102 Å². The van der Waals surface area contributed by atoms with Gasteiger partial charge in [-0.15, -0.1) is 0 Å². The summed E-state index contributed by atoms with van der Waals surface area (Å²) in [5.41, 5.74) is 0. The molecule has 2 nitrogen and oxygen atoms in total. The summed E-state index contributed by atoms with van der Waals surface area (Å²) in [6.45, 7) is 12.8. The zero-order chi connectivity index (χ0) is 12.0. The van der Waals surface area contributed by atoms with E-state index in [2.05, 4.69) is 37.9 Å². The van der Waals surface area contributed by atoms with E-state index in [4.69, 9.17) is 0 Å². The molecular formula is C14H30N2. The van der Waals surface area contributed by atoms with E-state index < -0.39 is 0 Å². The van der Waals surface area contributed by atoms with Gasteiger partial charge in [-0.1, -0.05) is 27.2 Å². The first-order chi connectivity index (χ1) is 7.70. The highest BCUT2D eigenvalue weighted by atomic mass is 15.2. The Morgan fingerprint density at radius 2 is 1.94 bits per heavy atom. The normalized spacial score (nSPS) is 20.1. The van der Waals surface area contributed by atoms with Crippen LogP contribution in [0.1, 0.15) is 53.4 Å². The largest absolute Gasteiger partial charge is 0.317 e. The van der Waals surface area contributed by atoms with E-state index in [1.165, 1.54) is 32.2 Å². The molecule has 1 rings (SSSR count). The van der Waals surface area contributed by atoms with Gasteiger partial charge < -0.3 is 5.32 Å². The summed E-state index contributed by atoms with van der Waals surface area (Å²) >= 11 is 0. The van der Waals surface area contributed by atoms with E-state index in [-0.39, 0.29) is 0 Å². The minimum atomic E-state index is 0.734. The maximum atomic E-state index is 3.47. The average Bonchev–Trinajstić information content (AvgIpc) is 3.10. The van der Waals surface area contributed by atoms with Crippen LogP contribution < -0.4 is 5.32 Å². The van der Waals surface area contributed by atoms with E-state index >= 15 is 0 Å². The number of hydrogen-bond donors (Lipinski definition) is 1. The molecule has 1 N–H and O–H groups in total. The molecule has 2 unspecified atom stereocenters. The molecule has 2 heteroatoms. The van der Waals surface area contributed by atoms with Crippen LogP contribution in [0.5, 0.6) is 0 Å². The predicted molar refractivity (Wildman–Crippen MR) is 71.8 cm³/mol. The van der Waals surface area contributed by atoms with Crippen molar-refractivity contribution in [3.63, 3.8) is 0 Å². The molecule has 0 saturated heterocycles. The van der Waals surface area contributed by atoms with Crippen molar-refractivity contribution in [2.45, 2.75) is 65.5 Å². The Bertz CT molecular complexity index is 178. The summed E-state index contributed by atoms with van der Waals surface area (Å²) in [5, 5.41) is 3.47. The van der Waals surface area contributed by atoms with E-state index in [1.807, 2.05) is 0 Å². The number of unbranched alkanes of at least 4 members (excludes halogenated alkanes) is 1. The fourth-order valence-electron chi connectivity index (χ4n) is 2.34. The Hall–Kier alpha value is -0.0800. The second-order valence-corrected chi connectivity index (χ2v) is 5.35. The molecule has 1 aliphatic rings. The summed E-state index contributed by atoms with van der Waals surface area (Å²) in [5.74, 6) is 0.761. The maximum Gasteiger partial charge on any atom is 0.0108 e. The molecule has 0 aromatic carbocycles. The molecule has 1 aliphatic carbocycles. The standard InChI is InChI=1S/C14H30N2/c1-5-7-10-16(14-8-9-14)13(4)12(3)11-15-6-2/h12-15H,5-11H2,1-4H3. The van der Waals surface area contributed by atoms with Gasteiger partial charge in [-0.2, -0.15) is 0 Å². The number of nitrogens with one attached hydrogen (secondary N) is 1. The molecule has 16 heavy (non-hydrogen) atoms. The van der Waals surface area contributed by atoms with Crippen LogP contribution in [-0.2, 0) is 0 Å². The highest BCUT2D eigenvalue weighted by Crippen LogP contribution is 2.30. The van der Waals surface area contributed by atoms with Gasteiger partial charge in [0.1, 0.15) is 0 Å². The third kappa shape index (κ3) is 4.42. The van der Waals surface area contributed by atoms with Crippen LogP contribution in [0.2, 0.25) is 0 Å². The van der Waals surface area contributed by atoms with Gasteiger partial charge in [0.15, 0.2) is 0 Å². The highest BCUT2D eigenvalue weighted by molar-refractivity contribution is 4.89. The number of hydrogen-bond acceptors (Lipinski definition) is 2. The van der Waals surface area contributed by atoms with Crippen molar-refractivity contribution in [2.75, 3.05) is 19.6 Å². The minimum Gasteiger partial charge on any atom is -0.317 e. The smallest absolute Gasteiger partial charge is 0.0108 e. The van der Waals surface area contributed by atoms with Gasteiger partial charge in [-0.25, -0.2) is 0 Å². The second kappa shape index (κ2) is 7.29. The molecule has 1 saturated carbocycles. The summed E-state index contributed by atoms with van der Waals surface area (Å²) in [6, 6.07) is 1.64. The third-order valence-corrected chi connectivity index (χ3v) is 3.85. The van der Waals surface area contributed by atoms with Crippen LogP contribution in [0.4, 0.5) is 0 Å². The Morgan fingerprint density at radius 3 is 2.44 bits per heavy atom. The second-order valence-electron chi connectivity index (χ2n) is 5.35. The van der Waals surface area contributed by atoms with Gasteiger partial charge in [-0.3, -0.25) is 4.90 Å². The predicted octanol–water partition coefficient (Wildman–Crippen LogP) is 2.89. The first-order valence-electron chi connectivity index (χ1n) is 7.17. The van der Waals surface area contributed by atoms with E-state index in [1.54, 1.807) is 0 Å². The molecule has 2 atom stereocenters. The summed E-state index contributed by atoms with van der Waals surface area (Å²) in [7, 11) is 0. The lowest BCUT2D eigenvalue weighted by molar-refractivity contribution is 0.148. The van der Waals surface area contributed by atoms with E-state index in [0.717, 1.165) is 31.1 Å². The molecular weight excluding hydrogens is 196 g/mol. The van der Waals surface area contributed by atoms with Gasteiger partial charge in [0.2, 0.25) is 0 Å². The zero-order valence-electron chi connectivity index (χ0n) is 11.6. The topological polar surface area (TPSA) is 15.3 Å². The van der Waals surface area contributed by atoms with Crippen LogP contribution in [0.3, 0.4) is 0 Å². The highest BCUT2D eigenvalue weighted by Gasteiger charge is 2.33. The van der Waals surface area contributed by atoms with Crippen molar-refractivity contribution in [1.29, 1.82) is 0 Å². The first-order valence-corrected chi connectivity index (χ1v) is 7.17. The molecule has 0 aromatic rings. The first kappa shape index (κ1) is 14.0. The van der Waals surface area contributed by atoms with Crippen molar-refractivity contribution in [1.82, 2.24) is 10.2 Å². The van der Waals surface area contributed by atoms with E-state index in [0.29, 0.717) is 0 Å². The fourth-order valence-corrected chi connectivity index (χ4v) is 2.34. The van der Waals surface area contributed by atoms with E-state index in [9.17, 15) is 0 Å². The maximum absolute atomic E-state index is 3.47. The molecule has 96 valence electrons. The van der Waals surface area contributed by atoms with Crippen molar-refractivity contribution in [3.8, 4) is 0 Å². The van der Waals surface area contributed by atoms with Crippen molar-refractivity contribution in [2.24, 2.45) is 5.92 Å². The number of rotatable bonds is 9. The molecule has 0 amide bonds. The van der Waals surface area contributed by atoms with Crippen molar-refractivity contribution < 1.29 is 0 Å². The Balaban J connectivity index is 2.36. The van der Waals surface area contributed by atoms with Crippen LogP contribution in [-0.4, -0.2) is 36.6 Å². The summed E-state index contributed by atoms with van der Waals surface area (Å²) in [6.07, 6.45) is 5.54. The fraction of sp³-hybridized carbons (Fsp3) is 1.00. The van der Waals surface area contributed by atoms with Gasteiger partial charge in [0.05, 0.1) is 0 Å². The average molecular weight is 226 g/mol. The Kier molecular flexibility index (Phi) is 6.37. The quantitative estimate of drug-likeness (QED) is 0.650. The minimum absolute atomic E-state index is 0.734. The Morgan fingerprint density at radius 1 is 1.25 bits per heavy atom. The van der Waals surface area contributed by atoms with Gasteiger partial charge >= 0.3 is 0 Å². The monoisotopic (exact) mass is 226 g/mol. The lowest BCUT2D eigenvalue weighted by Crippen LogP contribution is -2.43. The van der Waals surface area contributed by atoms with Crippen molar-refractivity contribution >= 4 is 0 Å².